The van der Waals surface area contributed by atoms with Crippen LogP contribution in [0.5, 0.6) is 0 Å². The van der Waals surface area contributed by atoms with Gasteiger partial charge in [0, 0.05) is 10.5 Å². The molecule has 2 N–H and O–H groups in total. The molecule has 21 heavy (non-hydrogen) atoms. The van der Waals surface area contributed by atoms with Crippen LogP contribution in [-0.2, 0) is 10.0 Å². The van der Waals surface area contributed by atoms with Crippen LogP contribution in [0.15, 0.2) is 41.7 Å². The number of hydrogen-bond donors (Lipinski definition) is 2. The first-order valence-corrected chi connectivity index (χ1v) is 8.57. The predicted molar refractivity (Wildman–Crippen MR) is 85.6 cm³/mol. The van der Waals surface area contributed by atoms with Gasteiger partial charge in [-0.3, -0.25) is 9.82 Å². The largest absolute Gasteiger partial charge is 0.283 e. The zero-order valence-electron chi connectivity index (χ0n) is 11.3. The number of H-pyrrole nitrogens is 1. The van der Waals surface area contributed by atoms with Crippen LogP contribution in [0.2, 0.25) is 0 Å². The van der Waals surface area contributed by atoms with Crippen molar-refractivity contribution in [1.82, 2.24) is 15.2 Å². The zero-order chi connectivity index (χ0) is 15.5. The van der Waals surface area contributed by atoms with Crippen molar-refractivity contribution in [3.63, 3.8) is 0 Å². The van der Waals surface area contributed by atoms with Crippen molar-refractivity contribution in [3.8, 4) is 0 Å². The Kier molecular flexibility index (Phi) is 4.49. The van der Waals surface area contributed by atoms with Crippen LogP contribution < -0.4 is 4.72 Å². The van der Waals surface area contributed by atoms with Gasteiger partial charge in [-0.25, -0.2) is 13.4 Å². The van der Waals surface area contributed by atoms with E-state index in [1.54, 1.807) is 18.2 Å². The number of aromatic nitrogens is 3. The second-order valence-electron chi connectivity index (χ2n) is 4.15. The van der Waals surface area contributed by atoms with Gasteiger partial charge in [-0.1, -0.05) is 37.1 Å². The van der Waals surface area contributed by atoms with E-state index in [2.05, 4.69) is 33.1 Å². The van der Waals surface area contributed by atoms with Gasteiger partial charge >= 0.3 is 0 Å². The van der Waals surface area contributed by atoms with Crippen LogP contribution in [0.4, 0.5) is 5.69 Å². The molecule has 8 heteroatoms. The fourth-order valence-corrected chi connectivity index (χ4v) is 3.10. The number of rotatable bonds is 6. The lowest BCUT2D eigenvalue weighted by atomic mass is 10.1. The first kappa shape index (κ1) is 15.3. The van der Waals surface area contributed by atoms with Gasteiger partial charge in [0.15, 0.2) is 5.16 Å². The molecule has 0 fully saturated rings. The Morgan fingerprint density at radius 2 is 2.10 bits per heavy atom. The van der Waals surface area contributed by atoms with Crippen molar-refractivity contribution in [1.29, 1.82) is 0 Å². The van der Waals surface area contributed by atoms with E-state index < -0.39 is 10.0 Å². The number of anilines is 1. The maximum Gasteiger partial charge on any atom is 0.229 e. The fraction of sp³-hybridized carbons (Fsp3) is 0.0769. The summed E-state index contributed by atoms with van der Waals surface area (Å²) in [4.78, 5) is 4.83. The Labute approximate surface area is 127 Å². The van der Waals surface area contributed by atoms with Gasteiger partial charge in [0.05, 0.1) is 11.9 Å². The molecule has 1 heterocycles. The molecule has 0 spiro atoms. The van der Waals surface area contributed by atoms with Crippen molar-refractivity contribution in [2.45, 2.75) is 10.1 Å². The number of nitrogens with zero attached hydrogens (tertiary/aromatic N) is 2. The molecule has 0 amide bonds. The third-order valence-electron chi connectivity index (χ3n) is 2.51. The number of sulfonamides is 1. The summed E-state index contributed by atoms with van der Waals surface area (Å²) >= 11 is 1.34. The average molecular weight is 322 g/mol. The lowest BCUT2D eigenvalue weighted by Gasteiger charge is -2.13. The SMILES string of the molecule is C=Cc1cc(Sc2ncn[nH]2)cc(NS(C)(=O)=O)c1C=C. The van der Waals surface area contributed by atoms with E-state index in [0.29, 0.717) is 16.4 Å². The normalized spacial score (nSPS) is 11.1. The molecule has 2 rings (SSSR count). The minimum Gasteiger partial charge on any atom is -0.283 e. The maximum absolute atomic E-state index is 11.5. The molecule has 6 nitrogen and oxygen atoms in total. The molecule has 1 aromatic carbocycles. The van der Waals surface area contributed by atoms with Crippen LogP contribution in [0.25, 0.3) is 12.2 Å². The quantitative estimate of drug-likeness (QED) is 0.853. The lowest BCUT2D eigenvalue weighted by molar-refractivity contribution is 0.607. The van der Waals surface area contributed by atoms with Gasteiger partial charge in [0.2, 0.25) is 10.0 Å². The van der Waals surface area contributed by atoms with Gasteiger partial charge in [0.25, 0.3) is 0 Å². The molecular weight excluding hydrogens is 308 g/mol. The van der Waals surface area contributed by atoms with Crippen LogP contribution >= 0.6 is 11.8 Å². The molecule has 2 aromatic rings. The molecule has 1 aromatic heterocycles. The summed E-state index contributed by atoms with van der Waals surface area (Å²) in [5.41, 5.74) is 1.91. The van der Waals surface area contributed by atoms with Crippen LogP contribution in [-0.4, -0.2) is 29.9 Å². The Balaban J connectivity index is 2.50. The van der Waals surface area contributed by atoms with Gasteiger partial charge in [-0.15, -0.1) is 0 Å². The Hall–Kier alpha value is -2.06. The van der Waals surface area contributed by atoms with Crippen molar-refractivity contribution in [2.75, 3.05) is 11.0 Å². The lowest BCUT2D eigenvalue weighted by Crippen LogP contribution is -2.11. The van der Waals surface area contributed by atoms with Crippen molar-refractivity contribution in [2.24, 2.45) is 0 Å². The Morgan fingerprint density at radius 3 is 2.62 bits per heavy atom. The van der Waals surface area contributed by atoms with Gasteiger partial charge < -0.3 is 0 Å². The van der Waals surface area contributed by atoms with Crippen molar-refractivity contribution in [3.05, 3.63) is 42.7 Å². The monoisotopic (exact) mass is 322 g/mol. The van der Waals surface area contributed by atoms with Crippen LogP contribution in [0, 0.1) is 0 Å². The van der Waals surface area contributed by atoms with Crippen LogP contribution in [0.1, 0.15) is 11.1 Å². The minimum absolute atomic E-state index is 0.451. The molecule has 0 aliphatic heterocycles. The third kappa shape index (κ3) is 3.96. The summed E-state index contributed by atoms with van der Waals surface area (Å²) in [7, 11) is -3.39. The van der Waals surface area contributed by atoms with Gasteiger partial charge in [0.1, 0.15) is 6.33 Å². The van der Waals surface area contributed by atoms with Crippen LogP contribution in [0.3, 0.4) is 0 Å². The number of nitrogens with one attached hydrogen (secondary N) is 2. The summed E-state index contributed by atoms with van der Waals surface area (Å²) in [5.74, 6) is 0. The smallest absolute Gasteiger partial charge is 0.229 e. The van der Waals surface area contributed by atoms with E-state index >= 15 is 0 Å². The van der Waals surface area contributed by atoms with Gasteiger partial charge in [-0.05, 0) is 17.7 Å². The third-order valence-corrected chi connectivity index (χ3v) is 3.96. The number of benzene rings is 1. The molecule has 0 radical (unpaired) electrons. The van der Waals surface area contributed by atoms with E-state index in [0.717, 1.165) is 16.7 Å². The first-order valence-electron chi connectivity index (χ1n) is 5.87. The highest BCUT2D eigenvalue weighted by molar-refractivity contribution is 7.99. The average Bonchev–Trinajstić information content (AvgIpc) is 2.89. The predicted octanol–water partition coefficient (Wildman–Crippen LogP) is 2.61. The van der Waals surface area contributed by atoms with Gasteiger partial charge in [-0.2, -0.15) is 5.10 Å². The summed E-state index contributed by atoms with van der Waals surface area (Å²) in [5, 5.41) is 7.12. The molecule has 0 aliphatic carbocycles. The number of aromatic amines is 1. The molecule has 0 saturated heterocycles. The minimum atomic E-state index is -3.39. The Morgan fingerprint density at radius 1 is 1.33 bits per heavy atom. The van der Waals surface area contributed by atoms with E-state index in [1.807, 2.05) is 6.07 Å². The topological polar surface area (TPSA) is 87.7 Å². The summed E-state index contributed by atoms with van der Waals surface area (Å²) in [6.45, 7) is 7.46. The van der Waals surface area contributed by atoms with E-state index in [-0.39, 0.29) is 0 Å². The Bertz CT molecular complexity index is 768. The fourth-order valence-electron chi connectivity index (χ4n) is 1.74. The molecule has 0 unspecified atom stereocenters. The van der Waals surface area contributed by atoms with E-state index in [9.17, 15) is 8.42 Å². The van der Waals surface area contributed by atoms with Crippen molar-refractivity contribution < 1.29 is 8.42 Å². The first-order chi connectivity index (χ1) is 9.93. The standard InChI is InChI=1S/C13H14N4O2S2/c1-4-9-6-10(20-13-14-8-15-16-13)7-12(11(9)5-2)17-21(3,18)19/h4-8,17H,1-2H2,3H3,(H,14,15,16). The zero-order valence-corrected chi connectivity index (χ0v) is 13.0. The molecular formula is C13H14N4O2S2. The maximum atomic E-state index is 11.5. The second kappa shape index (κ2) is 6.15. The number of hydrogen-bond acceptors (Lipinski definition) is 5. The second-order valence-corrected chi connectivity index (χ2v) is 6.96. The molecule has 110 valence electrons. The summed E-state index contributed by atoms with van der Waals surface area (Å²) < 4.78 is 25.5. The highest BCUT2D eigenvalue weighted by Gasteiger charge is 2.12. The van der Waals surface area contributed by atoms with E-state index in [4.69, 9.17) is 0 Å². The summed E-state index contributed by atoms with van der Waals surface area (Å²) in [6.07, 6.45) is 5.75. The molecule has 0 bridgehead atoms. The van der Waals surface area contributed by atoms with E-state index in [1.165, 1.54) is 18.1 Å². The highest BCUT2D eigenvalue weighted by Crippen LogP contribution is 2.32. The molecule has 0 saturated carbocycles. The molecule has 0 atom stereocenters. The highest BCUT2D eigenvalue weighted by atomic mass is 32.2. The molecule has 0 aliphatic rings. The summed E-state index contributed by atoms with van der Waals surface area (Å²) in [6, 6.07) is 3.60. The van der Waals surface area contributed by atoms with Crippen molar-refractivity contribution >= 4 is 39.6 Å².